The molecule has 0 aromatic carbocycles. The second-order valence-corrected chi connectivity index (χ2v) is 6.97. The first-order chi connectivity index (χ1) is 12.6. The molecule has 0 aromatic rings. The summed E-state index contributed by atoms with van der Waals surface area (Å²) in [5, 5.41) is 0. The number of hydrogen-bond donors (Lipinski definition) is 0. The lowest BCUT2D eigenvalue weighted by Gasteiger charge is -2.41. The van der Waals surface area contributed by atoms with Crippen LogP contribution in [0.4, 0.5) is 70.2 Å². The van der Waals surface area contributed by atoms with Crippen molar-refractivity contribution in [2.75, 3.05) is 27.7 Å². The smallest absolute Gasteiger partial charge is 0.328 e. The van der Waals surface area contributed by atoms with Crippen molar-refractivity contribution in [1.29, 1.82) is 0 Å². The molecule has 0 aliphatic carbocycles. The third-order valence-electron chi connectivity index (χ3n) is 3.45. The highest BCUT2D eigenvalue weighted by atomic mass is 19.4. The molecule has 0 saturated carbocycles. The van der Waals surface area contributed by atoms with Crippen LogP contribution in [0.25, 0.3) is 0 Å². The Morgan fingerprint density at radius 3 is 1.17 bits per heavy atom. The monoisotopic (exact) mass is 486 g/mol. The van der Waals surface area contributed by atoms with E-state index in [1.54, 1.807) is 0 Å². The summed E-state index contributed by atoms with van der Waals surface area (Å²) in [6.07, 6.45) is -8.19. The molecule has 0 radical (unpaired) electrons. The van der Waals surface area contributed by atoms with Gasteiger partial charge in [-0.1, -0.05) is 0 Å². The molecule has 0 saturated heterocycles. The topological polar surface area (TPSA) is 0 Å². The Labute approximate surface area is 157 Å². The van der Waals surface area contributed by atoms with Gasteiger partial charge in [0.1, 0.15) is 0 Å². The zero-order valence-electron chi connectivity index (χ0n) is 14.8. The van der Waals surface area contributed by atoms with Gasteiger partial charge in [0.25, 0.3) is 0 Å². The third kappa shape index (κ3) is 4.17. The quantitative estimate of drug-likeness (QED) is 0.295. The zero-order valence-corrected chi connectivity index (χ0v) is 14.8. The van der Waals surface area contributed by atoms with Crippen molar-refractivity contribution < 1.29 is 74.7 Å². The lowest BCUT2D eigenvalue weighted by Crippen LogP contribution is -2.72. The fraction of sp³-hybridized carbons (Fsp3) is 0.846. The molecule has 0 aromatic heterocycles. The highest BCUT2D eigenvalue weighted by molar-refractivity contribution is 5.19. The number of alkyl halides is 15. The molecular formula is C13H12F16N+. The van der Waals surface area contributed by atoms with Crippen LogP contribution in [0, 0.1) is 0 Å². The van der Waals surface area contributed by atoms with Gasteiger partial charge in [0, 0.05) is 6.08 Å². The van der Waals surface area contributed by atoms with Crippen LogP contribution in [-0.4, -0.2) is 73.9 Å². The van der Waals surface area contributed by atoms with Gasteiger partial charge >= 0.3 is 41.7 Å². The summed E-state index contributed by atoms with van der Waals surface area (Å²) in [7, 11) is 3.34. The van der Waals surface area contributed by atoms with Crippen LogP contribution >= 0.6 is 0 Å². The van der Waals surface area contributed by atoms with Gasteiger partial charge in [0.15, 0.2) is 5.83 Å². The third-order valence-corrected chi connectivity index (χ3v) is 3.45. The van der Waals surface area contributed by atoms with Gasteiger partial charge in [-0.25, -0.2) is 4.39 Å². The minimum atomic E-state index is -8.42. The average Bonchev–Trinajstić information content (AvgIpc) is 2.49. The summed E-state index contributed by atoms with van der Waals surface area (Å²) in [5.41, 5.74) is 0. The fourth-order valence-electron chi connectivity index (χ4n) is 1.60. The number of likely N-dealkylation sites (N-methyl/N-ethyl adjacent to an activating group) is 1. The summed E-state index contributed by atoms with van der Waals surface area (Å²) in [5.74, 6) is -51.5. The molecule has 1 nitrogen and oxygen atoms in total. The van der Waals surface area contributed by atoms with E-state index in [-0.39, 0.29) is 0 Å². The predicted octanol–water partition coefficient (Wildman–Crippen LogP) is 5.92. The number of rotatable bonds is 8. The van der Waals surface area contributed by atoms with E-state index in [0.29, 0.717) is 0 Å². The lowest BCUT2D eigenvalue weighted by atomic mass is 9.90. The molecular weight excluding hydrogens is 474 g/mol. The lowest BCUT2D eigenvalue weighted by molar-refractivity contribution is -0.864. The molecule has 0 unspecified atom stereocenters. The minimum Gasteiger partial charge on any atom is -0.328 e. The van der Waals surface area contributed by atoms with Crippen LogP contribution in [0.15, 0.2) is 11.9 Å². The van der Waals surface area contributed by atoms with Gasteiger partial charge in [-0.15, -0.1) is 0 Å². The highest BCUT2D eigenvalue weighted by Gasteiger charge is 2.93. The molecule has 0 aliphatic rings. The second-order valence-electron chi connectivity index (χ2n) is 6.97. The van der Waals surface area contributed by atoms with Gasteiger partial charge in [0.05, 0.1) is 27.7 Å². The number of allylic oxidation sites excluding steroid dienone is 1. The molecule has 0 amide bonds. The molecule has 0 bridgehead atoms. The van der Waals surface area contributed by atoms with E-state index in [9.17, 15) is 70.2 Å². The summed E-state index contributed by atoms with van der Waals surface area (Å²) in [6, 6.07) is 0. The van der Waals surface area contributed by atoms with Crippen molar-refractivity contribution in [1.82, 2.24) is 0 Å². The Kier molecular flexibility index (Phi) is 6.98. The Hall–Kier alpha value is -1.42. The molecule has 0 atom stereocenters. The van der Waals surface area contributed by atoms with Crippen LogP contribution in [0.3, 0.4) is 0 Å². The van der Waals surface area contributed by atoms with Crippen molar-refractivity contribution >= 4 is 0 Å². The number of quaternary nitrogens is 1. The summed E-state index contributed by atoms with van der Waals surface area (Å²) < 4.78 is 207. The normalized spacial score (nSPS) is 16.8. The van der Waals surface area contributed by atoms with Crippen LogP contribution in [0.1, 0.15) is 0 Å². The average molecular weight is 486 g/mol. The van der Waals surface area contributed by atoms with Crippen molar-refractivity contribution in [3.05, 3.63) is 11.9 Å². The first-order valence-corrected chi connectivity index (χ1v) is 7.13. The molecule has 30 heavy (non-hydrogen) atoms. The van der Waals surface area contributed by atoms with Gasteiger partial charge in [-0.3, -0.25) is 0 Å². The van der Waals surface area contributed by atoms with Gasteiger partial charge in [-0.2, -0.15) is 65.9 Å². The van der Waals surface area contributed by atoms with Gasteiger partial charge < -0.3 is 4.48 Å². The molecule has 0 fully saturated rings. The van der Waals surface area contributed by atoms with Crippen molar-refractivity contribution in [2.24, 2.45) is 0 Å². The molecule has 0 rings (SSSR count). The van der Waals surface area contributed by atoms with E-state index in [1.165, 1.54) is 0 Å². The van der Waals surface area contributed by atoms with E-state index in [0.717, 1.165) is 21.1 Å². The maximum atomic E-state index is 13.4. The summed E-state index contributed by atoms with van der Waals surface area (Å²) in [6.45, 7) is -0.970. The number of hydrogen-bond acceptors (Lipinski definition) is 0. The SMILES string of the molecule is C[N+](C)(C)C/C=C(\F)C(F)(F)C(F)(F)C(F)(F)C(F)(F)C(F)(F)C(F)(F)C(F)(F)F. The molecule has 17 heteroatoms. The number of nitrogens with zero attached hydrogens (tertiary/aromatic N) is 1. The van der Waals surface area contributed by atoms with Crippen molar-refractivity contribution in [3.8, 4) is 0 Å². The van der Waals surface area contributed by atoms with Crippen LogP contribution in [0.5, 0.6) is 0 Å². The zero-order chi connectivity index (χ0) is 25.0. The van der Waals surface area contributed by atoms with Gasteiger partial charge in [-0.05, 0) is 0 Å². The summed E-state index contributed by atoms with van der Waals surface area (Å²) in [4.78, 5) is 0. The van der Waals surface area contributed by atoms with E-state index < -0.39 is 64.6 Å². The largest absolute Gasteiger partial charge is 0.460 e. The second kappa shape index (κ2) is 7.32. The maximum absolute atomic E-state index is 13.4. The predicted molar refractivity (Wildman–Crippen MR) is 67.8 cm³/mol. The van der Waals surface area contributed by atoms with Crippen molar-refractivity contribution in [2.45, 2.75) is 41.7 Å². The van der Waals surface area contributed by atoms with E-state index >= 15 is 0 Å². The van der Waals surface area contributed by atoms with E-state index in [4.69, 9.17) is 0 Å². The first kappa shape index (κ1) is 28.6. The minimum absolute atomic E-state index is 0.509. The van der Waals surface area contributed by atoms with Crippen LogP contribution in [0.2, 0.25) is 0 Å². The summed E-state index contributed by atoms with van der Waals surface area (Å²) >= 11 is 0. The maximum Gasteiger partial charge on any atom is 0.460 e. The Morgan fingerprint density at radius 2 is 0.867 bits per heavy atom. The van der Waals surface area contributed by atoms with Crippen LogP contribution in [-0.2, 0) is 0 Å². The molecule has 0 aliphatic heterocycles. The van der Waals surface area contributed by atoms with E-state index in [2.05, 4.69) is 0 Å². The van der Waals surface area contributed by atoms with Crippen molar-refractivity contribution in [3.63, 3.8) is 0 Å². The highest BCUT2D eigenvalue weighted by Crippen LogP contribution is 2.63. The fourth-order valence-corrected chi connectivity index (χ4v) is 1.60. The van der Waals surface area contributed by atoms with Crippen LogP contribution < -0.4 is 0 Å². The van der Waals surface area contributed by atoms with Gasteiger partial charge in [0.2, 0.25) is 0 Å². The molecule has 0 N–H and O–H groups in total. The molecule has 180 valence electrons. The molecule has 0 spiro atoms. The van der Waals surface area contributed by atoms with E-state index in [1.807, 2.05) is 0 Å². The Balaban J connectivity index is 6.56. The number of halogens is 16. The Morgan fingerprint density at radius 1 is 0.567 bits per heavy atom. The first-order valence-electron chi connectivity index (χ1n) is 7.13. The molecule has 0 heterocycles. The Bertz CT molecular complexity index is 651. The standard InChI is InChI=1S/C13H12F16N/c1-30(2,3)5-4-6(14)7(15,16)8(17,18)9(19,20)10(21,22)11(23,24)12(25,26)13(27,28)29/h4H,5H2,1-3H3/q+1/b6-4-.